The van der Waals surface area contributed by atoms with Gasteiger partial charge in [-0.05, 0) is 36.8 Å². The molecule has 4 amide bonds. The van der Waals surface area contributed by atoms with Gasteiger partial charge in [-0.15, -0.1) is 0 Å². The van der Waals surface area contributed by atoms with Gasteiger partial charge < -0.3 is 24.9 Å². The smallest absolute Gasteiger partial charge is 0.289 e. The van der Waals surface area contributed by atoms with Crippen LogP contribution in [0.1, 0.15) is 22.5 Å². The molecule has 34 heavy (non-hydrogen) atoms. The van der Waals surface area contributed by atoms with Crippen LogP contribution in [0.25, 0.3) is 0 Å². The third-order valence-electron chi connectivity index (χ3n) is 6.08. The minimum Gasteiger partial charge on any atom is -0.459 e. The lowest BCUT2D eigenvalue weighted by molar-refractivity contribution is -0.145. The fourth-order valence-electron chi connectivity index (χ4n) is 4.27. The third kappa shape index (κ3) is 5.63. The molecule has 2 N–H and O–H groups in total. The highest BCUT2D eigenvalue weighted by atomic mass is 16.3. The first kappa shape index (κ1) is 23.5. The molecule has 10 nitrogen and oxygen atoms in total. The van der Waals surface area contributed by atoms with Gasteiger partial charge in [0.25, 0.3) is 5.91 Å². The lowest BCUT2D eigenvalue weighted by Crippen LogP contribution is -2.60. The molecule has 2 aliphatic rings. The van der Waals surface area contributed by atoms with E-state index in [4.69, 9.17) is 4.42 Å². The van der Waals surface area contributed by atoms with Crippen LogP contribution in [-0.2, 0) is 14.4 Å². The van der Waals surface area contributed by atoms with E-state index in [2.05, 4.69) is 10.6 Å². The van der Waals surface area contributed by atoms with Crippen LogP contribution in [0.3, 0.4) is 0 Å². The summed E-state index contributed by atoms with van der Waals surface area (Å²) >= 11 is 0. The molecule has 0 radical (unpaired) electrons. The zero-order valence-corrected chi connectivity index (χ0v) is 19.2. The Morgan fingerprint density at radius 2 is 1.88 bits per heavy atom. The molecule has 2 fully saturated rings. The number of nitrogens with zero attached hydrogens (tertiary/aromatic N) is 3. The van der Waals surface area contributed by atoms with Crippen LogP contribution < -0.4 is 10.6 Å². The molecule has 1 aromatic heterocycles. The maximum atomic E-state index is 13.1. The normalized spacial score (nSPS) is 19.0. The zero-order chi connectivity index (χ0) is 24.1. The Balaban J connectivity index is 1.31. The zero-order valence-electron chi connectivity index (χ0n) is 19.2. The number of hydrogen-bond acceptors (Lipinski definition) is 6. The summed E-state index contributed by atoms with van der Waals surface area (Å²) in [5.41, 5.74) is 1.66. The molecule has 10 heteroatoms. The fraction of sp³-hybridized carbons (Fsp3) is 0.417. The first-order valence-corrected chi connectivity index (χ1v) is 11.4. The largest absolute Gasteiger partial charge is 0.459 e. The molecule has 3 heterocycles. The average Bonchev–Trinajstić information content (AvgIpc) is 3.35. The summed E-state index contributed by atoms with van der Waals surface area (Å²) in [4.78, 5) is 55.8. The lowest BCUT2D eigenvalue weighted by Gasteiger charge is -2.38. The number of anilines is 1. The van der Waals surface area contributed by atoms with Crippen molar-refractivity contribution in [1.29, 1.82) is 0 Å². The first-order valence-electron chi connectivity index (χ1n) is 11.4. The van der Waals surface area contributed by atoms with E-state index in [1.54, 1.807) is 23.1 Å². The quantitative estimate of drug-likeness (QED) is 0.646. The number of benzene rings is 1. The van der Waals surface area contributed by atoms with E-state index < -0.39 is 6.04 Å². The summed E-state index contributed by atoms with van der Waals surface area (Å²) in [5.74, 6) is -0.712. The molecule has 0 bridgehead atoms. The topological polar surface area (TPSA) is 115 Å². The summed E-state index contributed by atoms with van der Waals surface area (Å²) in [7, 11) is 0. The molecule has 0 saturated carbocycles. The number of aryl methyl sites for hydroxylation is 1. The van der Waals surface area contributed by atoms with Crippen molar-refractivity contribution in [3.8, 4) is 0 Å². The molecule has 1 atom stereocenters. The van der Waals surface area contributed by atoms with E-state index in [1.165, 1.54) is 11.2 Å². The summed E-state index contributed by atoms with van der Waals surface area (Å²) in [6, 6.07) is 9.85. The van der Waals surface area contributed by atoms with Crippen molar-refractivity contribution >= 4 is 29.3 Å². The SMILES string of the molecule is Cc1cccc(NC(=O)CC2C(=O)NCCN2C(=O)CN2CCN(C(=O)c3ccco3)CC2)c1. The van der Waals surface area contributed by atoms with Gasteiger partial charge in [0, 0.05) is 45.0 Å². The predicted molar refractivity (Wildman–Crippen MR) is 124 cm³/mol. The summed E-state index contributed by atoms with van der Waals surface area (Å²) < 4.78 is 5.18. The second-order valence-electron chi connectivity index (χ2n) is 8.56. The third-order valence-corrected chi connectivity index (χ3v) is 6.08. The van der Waals surface area contributed by atoms with Crippen molar-refractivity contribution in [3.05, 3.63) is 54.0 Å². The van der Waals surface area contributed by atoms with Crippen LogP contribution in [0.4, 0.5) is 5.69 Å². The van der Waals surface area contributed by atoms with Crippen LogP contribution in [0, 0.1) is 6.92 Å². The van der Waals surface area contributed by atoms with Gasteiger partial charge in [0.2, 0.25) is 17.7 Å². The van der Waals surface area contributed by atoms with Crippen molar-refractivity contribution < 1.29 is 23.6 Å². The number of piperazine rings is 2. The molecular formula is C24H29N5O5. The van der Waals surface area contributed by atoms with Crippen LogP contribution in [0.2, 0.25) is 0 Å². The van der Waals surface area contributed by atoms with Crippen LogP contribution in [0.5, 0.6) is 0 Å². The van der Waals surface area contributed by atoms with Crippen molar-refractivity contribution in [2.75, 3.05) is 51.1 Å². The second kappa shape index (κ2) is 10.5. The second-order valence-corrected chi connectivity index (χ2v) is 8.56. The highest BCUT2D eigenvalue weighted by molar-refractivity contribution is 5.97. The Morgan fingerprint density at radius 1 is 1.09 bits per heavy atom. The monoisotopic (exact) mass is 467 g/mol. The van der Waals surface area contributed by atoms with Crippen LogP contribution in [0.15, 0.2) is 47.1 Å². The van der Waals surface area contributed by atoms with E-state index in [9.17, 15) is 19.2 Å². The molecule has 2 aromatic rings. The van der Waals surface area contributed by atoms with Crippen LogP contribution in [-0.4, -0.2) is 90.2 Å². The molecule has 1 unspecified atom stereocenters. The highest BCUT2D eigenvalue weighted by Gasteiger charge is 2.35. The summed E-state index contributed by atoms with van der Waals surface area (Å²) in [5, 5.41) is 5.56. The van der Waals surface area contributed by atoms with E-state index in [1.807, 2.05) is 30.0 Å². The van der Waals surface area contributed by atoms with Crippen molar-refractivity contribution in [3.63, 3.8) is 0 Å². The molecule has 180 valence electrons. The van der Waals surface area contributed by atoms with Crippen molar-refractivity contribution in [1.82, 2.24) is 20.0 Å². The van der Waals surface area contributed by atoms with Gasteiger partial charge in [-0.3, -0.25) is 24.1 Å². The van der Waals surface area contributed by atoms with Gasteiger partial charge in [0.05, 0.1) is 19.2 Å². The maximum absolute atomic E-state index is 13.1. The van der Waals surface area contributed by atoms with E-state index >= 15 is 0 Å². The predicted octanol–water partition coefficient (Wildman–Crippen LogP) is 0.702. The Kier molecular flexibility index (Phi) is 7.27. The van der Waals surface area contributed by atoms with Crippen LogP contribution >= 0.6 is 0 Å². The van der Waals surface area contributed by atoms with Gasteiger partial charge in [-0.2, -0.15) is 0 Å². The fourth-order valence-corrected chi connectivity index (χ4v) is 4.27. The number of carbonyl (C=O) groups excluding carboxylic acids is 4. The number of nitrogens with one attached hydrogen (secondary N) is 2. The van der Waals surface area contributed by atoms with Gasteiger partial charge >= 0.3 is 0 Å². The summed E-state index contributed by atoms with van der Waals surface area (Å²) in [6.45, 7) is 4.80. The molecular weight excluding hydrogens is 438 g/mol. The number of hydrogen-bond donors (Lipinski definition) is 2. The Hall–Kier alpha value is -3.66. The standard InChI is InChI=1S/C24H29N5O5/c1-17-4-2-5-18(14-17)26-21(30)15-19-23(32)25-7-8-29(19)22(31)16-27-9-11-28(12-10-27)24(33)20-6-3-13-34-20/h2-6,13-14,19H,7-12,15-16H2,1H3,(H,25,32)(H,26,30). The van der Waals surface area contributed by atoms with Gasteiger partial charge in [0.15, 0.2) is 5.76 Å². The van der Waals surface area contributed by atoms with Crippen molar-refractivity contribution in [2.45, 2.75) is 19.4 Å². The van der Waals surface area contributed by atoms with Gasteiger partial charge in [0.1, 0.15) is 6.04 Å². The summed E-state index contributed by atoms with van der Waals surface area (Å²) in [6.07, 6.45) is 1.35. The molecule has 1 aromatic carbocycles. The number of carbonyl (C=O) groups is 4. The minimum atomic E-state index is -0.854. The molecule has 4 rings (SSSR count). The maximum Gasteiger partial charge on any atom is 0.289 e. The molecule has 0 spiro atoms. The Bertz CT molecular complexity index is 1050. The number of amides is 4. The van der Waals surface area contributed by atoms with E-state index in [-0.39, 0.29) is 36.6 Å². The minimum absolute atomic E-state index is 0.114. The average molecular weight is 468 g/mol. The van der Waals surface area contributed by atoms with Gasteiger partial charge in [-0.25, -0.2) is 0 Å². The number of furan rings is 1. The molecule has 0 aliphatic carbocycles. The first-order chi connectivity index (χ1) is 16.4. The van der Waals surface area contributed by atoms with E-state index in [0.29, 0.717) is 50.7 Å². The lowest BCUT2D eigenvalue weighted by atomic mass is 10.1. The number of rotatable bonds is 6. The Labute approximate surface area is 197 Å². The van der Waals surface area contributed by atoms with E-state index in [0.717, 1.165) is 5.56 Å². The molecule has 2 aliphatic heterocycles. The Morgan fingerprint density at radius 3 is 2.59 bits per heavy atom. The highest BCUT2D eigenvalue weighted by Crippen LogP contribution is 2.15. The van der Waals surface area contributed by atoms with Gasteiger partial charge in [-0.1, -0.05) is 12.1 Å². The van der Waals surface area contributed by atoms with Crippen molar-refractivity contribution in [2.24, 2.45) is 0 Å². The molecule has 2 saturated heterocycles.